The Morgan fingerprint density at radius 1 is 1.41 bits per heavy atom. The van der Waals surface area contributed by atoms with Gasteiger partial charge in [0.2, 0.25) is 0 Å². The van der Waals surface area contributed by atoms with Crippen molar-refractivity contribution in [2.45, 2.75) is 38.1 Å². The summed E-state index contributed by atoms with van der Waals surface area (Å²) in [6, 6.07) is 0. The minimum Gasteiger partial charge on any atom is -0.480 e. The monoisotopic (exact) mass is 240 g/mol. The molecule has 0 amide bonds. The lowest BCUT2D eigenvalue weighted by Gasteiger charge is -2.35. The van der Waals surface area contributed by atoms with Gasteiger partial charge in [-0.3, -0.25) is 4.79 Å². The first-order chi connectivity index (χ1) is 8.12. The molecule has 1 atom stereocenters. The van der Waals surface area contributed by atoms with Crippen LogP contribution in [0.1, 0.15) is 32.6 Å². The highest BCUT2D eigenvalue weighted by Crippen LogP contribution is 2.40. The molecular weight excluding hydrogens is 216 g/mol. The average Bonchev–Trinajstić information content (AvgIpc) is 3.15. The Morgan fingerprint density at radius 3 is 2.41 bits per heavy atom. The third kappa shape index (κ3) is 2.80. The molecule has 4 heteroatoms. The molecule has 0 bridgehead atoms. The maximum Gasteiger partial charge on any atom is 0.325 e. The van der Waals surface area contributed by atoms with Crippen molar-refractivity contribution in [2.75, 3.05) is 26.7 Å². The second kappa shape index (κ2) is 4.94. The molecule has 2 saturated carbocycles. The minimum atomic E-state index is -0.717. The third-order valence-corrected chi connectivity index (χ3v) is 4.24. The summed E-state index contributed by atoms with van der Waals surface area (Å²) in [6.45, 7) is 4.79. The van der Waals surface area contributed by atoms with Crippen molar-refractivity contribution in [1.82, 2.24) is 10.2 Å². The van der Waals surface area contributed by atoms with E-state index in [-0.39, 0.29) is 0 Å². The van der Waals surface area contributed by atoms with Crippen LogP contribution in [0, 0.1) is 11.8 Å². The molecule has 0 heterocycles. The zero-order valence-corrected chi connectivity index (χ0v) is 10.9. The zero-order valence-electron chi connectivity index (χ0n) is 10.9. The Morgan fingerprint density at radius 2 is 2.06 bits per heavy atom. The van der Waals surface area contributed by atoms with Crippen LogP contribution in [-0.2, 0) is 4.79 Å². The lowest BCUT2D eigenvalue weighted by atomic mass is 9.92. The van der Waals surface area contributed by atoms with Gasteiger partial charge < -0.3 is 15.3 Å². The number of carbonyl (C=O) groups is 1. The van der Waals surface area contributed by atoms with Gasteiger partial charge in [0.25, 0.3) is 0 Å². The molecule has 98 valence electrons. The Hall–Kier alpha value is -0.610. The van der Waals surface area contributed by atoms with E-state index in [4.69, 9.17) is 0 Å². The SMILES string of the molecule is CCN(CC1CC1)CC(NC)(C(=O)O)C1CC1. The van der Waals surface area contributed by atoms with Gasteiger partial charge in [0.05, 0.1) is 0 Å². The fourth-order valence-corrected chi connectivity index (χ4v) is 2.66. The molecule has 2 rings (SSSR count). The Bertz CT molecular complexity index is 287. The lowest BCUT2D eigenvalue weighted by molar-refractivity contribution is -0.146. The van der Waals surface area contributed by atoms with E-state index < -0.39 is 11.5 Å². The minimum absolute atomic E-state index is 0.318. The van der Waals surface area contributed by atoms with E-state index in [1.165, 1.54) is 12.8 Å². The fourth-order valence-electron chi connectivity index (χ4n) is 2.66. The van der Waals surface area contributed by atoms with Crippen LogP contribution in [0.2, 0.25) is 0 Å². The summed E-state index contributed by atoms with van der Waals surface area (Å²) in [5, 5.41) is 12.6. The van der Waals surface area contributed by atoms with Crippen LogP contribution in [-0.4, -0.2) is 48.2 Å². The molecule has 2 aliphatic carbocycles. The summed E-state index contributed by atoms with van der Waals surface area (Å²) in [7, 11) is 1.79. The Balaban J connectivity index is 2.01. The van der Waals surface area contributed by atoms with Gasteiger partial charge in [-0.2, -0.15) is 0 Å². The molecular formula is C13H24N2O2. The van der Waals surface area contributed by atoms with Crippen LogP contribution in [0.3, 0.4) is 0 Å². The number of hydrogen-bond acceptors (Lipinski definition) is 3. The molecule has 2 aliphatic rings. The molecule has 0 saturated heterocycles. The second-order valence-electron chi connectivity index (χ2n) is 5.57. The van der Waals surface area contributed by atoms with Gasteiger partial charge in [0.15, 0.2) is 0 Å². The Kier molecular flexibility index (Phi) is 3.73. The molecule has 0 aromatic rings. The summed E-state index contributed by atoms with van der Waals surface area (Å²) < 4.78 is 0. The van der Waals surface area contributed by atoms with Crippen molar-refractivity contribution in [3.05, 3.63) is 0 Å². The molecule has 2 N–H and O–H groups in total. The van der Waals surface area contributed by atoms with Crippen molar-refractivity contribution in [2.24, 2.45) is 11.8 Å². The maximum atomic E-state index is 11.6. The second-order valence-corrected chi connectivity index (χ2v) is 5.57. The van der Waals surface area contributed by atoms with E-state index in [1.54, 1.807) is 7.05 Å². The lowest BCUT2D eigenvalue weighted by Crippen LogP contribution is -2.59. The molecule has 0 radical (unpaired) electrons. The quantitative estimate of drug-likeness (QED) is 0.669. The Labute approximate surface area is 103 Å². The first-order valence-corrected chi connectivity index (χ1v) is 6.77. The number of nitrogens with one attached hydrogen (secondary N) is 1. The van der Waals surface area contributed by atoms with Crippen molar-refractivity contribution in [1.29, 1.82) is 0 Å². The highest BCUT2D eigenvalue weighted by Gasteiger charge is 2.51. The standard InChI is InChI=1S/C13H24N2O2/c1-3-15(8-10-4-5-10)9-13(14-2,12(16)17)11-6-7-11/h10-11,14H,3-9H2,1-2H3,(H,16,17). The molecule has 0 aliphatic heterocycles. The van der Waals surface area contributed by atoms with Crippen LogP contribution in [0.25, 0.3) is 0 Å². The van der Waals surface area contributed by atoms with Crippen LogP contribution in [0.15, 0.2) is 0 Å². The van der Waals surface area contributed by atoms with E-state index >= 15 is 0 Å². The van der Waals surface area contributed by atoms with Gasteiger partial charge in [-0.05, 0) is 51.1 Å². The van der Waals surface area contributed by atoms with E-state index in [0.717, 1.165) is 31.8 Å². The van der Waals surface area contributed by atoms with Crippen molar-refractivity contribution < 1.29 is 9.90 Å². The normalized spacial score (nSPS) is 23.7. The van der Waals surface area contributed by atoms with Gasteiger partial charge in [0, 0.05) is 13.1 Å². The average molecular weight is 240 g/mol. The summed E-state index contributed by atoms with van der Waals surface area (Å²) >= 11 is 0. The zero-order chi connectivity index (χ0) is 12.5. The van der Waals surface area contributed by atoms with E-state index in [1.807, 2.05) is 0 Å². The number of hydrogen-bond donors (Lipinski definition) is 2. The maximum absolute atomic E-state index is 11.6. The first kappa shape index (κ1) is 12.8. The highest BCUT2D eigenvalue weighted by atomic mass is 16.4. The van der Waals surface area contributed by atoms with E-state index in [9.17, 15) is 9.90 Å². The number of likely N-dealkylation sites (N-methyl/N-ethyl adjacent to an activating group) is 2. The van der Waals surface area contributed by atoms with Gasteiger partial charge in [-0.1, -0.05) is 6.92 Å². The van der Waals surface area contributed by atoms with Crippen molar-refractivity contribution in [3.8, 4) is 0 Å². The van der Waals surface area contributed by atoms with Crippen molar-refractivity contribution in [3.63, 3.8) is 0 Å². The molecule has 17 heavy (non-hydrogen) atoms. The number of aliphatic carboxylic acids is 1. The van der Waals surface area contributed by atoms with Gasteiger partial charge >= 0.3 is 5.97 Å². The van der Waals surface area contributed by atoms with E-state index in [0.29, 0.717) is 12.5 Å². The number of nitrogens with zero attached hydrogens (tertiary/aromatic N) is 1. The molecule has 0 spiro atoms. The third-order valence-electron chi connectivity index (χ3n) is 4.24. The first-order valence-electron chi connectivity index (χ1n) is 6.77. The summed E-state index contributed by atoms with van der Waals surface area (Å²) in [4.78, 5) is 13.9. The largest absolute Gasteiger partial charge is 0.480 e. The fraction of sp³-hybridized carbons (Fsp3) is 0.923. The molecule has 0 aromatic heterocycles. The van der Waals surface area contributed by atoms with Crippen LogP contribution < -0.4 is 5.32 Å². The summed E-state index contributed by atoms with van der Waals surface area (Å²) in [5.41, 5.74) is -0.717. The highest BCUT2D eigenvalue weighted by molar-refractivity contribution is 5.80. The van der Waals surface area contributed by atoms with Crippen LogP contribution in [0.4, 0.5) is 0 Å². The molecule has 4 nitrogen and oxygen atoms in total. The summed E-state index contributed by atoms with van der Waals surface area (Å²) in [6.07, 6.45) is 4.74. The van der Waals surface area contributed by atoms with Crippen molar-refractivity contribution >= 4 is 5.97 Å². The predicted octanol–water partition coefficient (Wildman–Crippen LogP) is 1.17. The number of carboxylic acid groups (broad SMARTS) is 1. The number of carboxylic acids is 1. The van der Waals surface area contributed by atoms with Gasteiger partial charge in [-0.15, -0.1) is 0 Å². The van der Waals surface area contributed by atoms with E-state index in [2.05, 4.69) is 17.1 Å². The van der Waals surface area contributed by atoms with Gasteiger partial charge in [0.1, 0.15) is 5.54 Å². The summed E-state index contributed by atoms with van der Waals surface area (Å²) in [5.74, 6) is 0.451. The number of rotatable bonds is 8. The topological polar surface area (TPSA) is 52.6 Å². The van der Waals surface area contributed by atoms with Crippen LogP contribution in [0.5, 0.6) is 0 Å². The molecule has 0 aromatic carbocycles. The smallest absolute Gasteiger partial charge is 0.325 e. The molecule has 1 unspecified atom stereocenters. The molecule has 2 fully saturated rings. The van der Waals surface area contributed by atoms with Gasteiger partial charge in [-0.25, -0.2) is 0 Å². The predicted molar refractivity (Wildman–Crippen MR) is 67.0 cm³/mol. The van der Waals surface area contributed by atoms with Crippen LogP contribution >= 0.6 is 0 Å².